The van der Waals surface area contributed by atoms with E-state index < -0.39 is 0 Å². The highest BCUT2D eigenvalue weighted by Gasteiger charge is 2.21. The average Bonchev–Trinajstić information content (AvgIpc) is 3.14. The van der Waals surface area contributed by atoms with Gasteiger partial charge in [0.2, 0.25) is 5.91 Å². The summed E-state index contributed by atoms with van der Waals surface area (Å²) in [7, 11) is 1.64. The summed E-state index contributed by atoms with van der Waals surface area (Å²) in [4.78, 5) is 19.7. The van der Waals surface area contributed by atoms with Crippen LogP contribution in [0.4, 0.5) is 0 Å². The maximum absolute atomic E-state index is 12.1. The second-order valence-electron chi connectivity index (χ2n) is 6.85. The van der Waals surface area contributed by atoms with Crippen molar-refractivity contribution in [3.8, 4) is 11.5 Å². The molecule has 0 saturated carbocycles. The number of rotatable bonds is 7. The number of carbonyl (C=O) groups excluding carboxylic acids is 1. The maximum atomic E-state index is 12.1. The number of nitrogens with zero attached hydrogens (tertiary/aromatic N) is 1. The van der Waals surface area contributed by atoms with Gasteiger partial charge in [-0.2, -0.15) is 0 Å². The minimum absolute atomic E-state index is 0.00158. The van der Waals surface area contributed by atoms with Gasteiger partial charge in [0.15, 0.2) is 0 Å². The van der Waals surface area contributed by atoms with Crippen molar-refractivity contribution in [1.82, 2.24) is 15.3 Å². The fourth-order valence-electron chi connectivity index (χ4n) is 3.30. The third-order valence-corrected chi connectivity index (χ3v) is 4.76. The quantitative estimate of drug-likeness (QED) is 0.657. The molecule has 0 spiro atoms. The fourth-order valence-corrected chi connectivity index (χ4v) is 3.30. The zero-order valence-electron chi connectivity index (χ0n) is 15.7. The van der Waals surface area contributed by atoms with E-state index in [2.05, 4.69) is 15.3 Å². The number of imidazole rings is 1. The number of aromatic amines is 1. The minimum Gasteiger partial charge on any atom is -0.497 e. The number of fused-ring (bicyclic) bond motifs is 2. The molecule has 2 heterocycles. The summed E-state index contributed by atoms with van der Waals surface area (Å²) in [5.74, 6) is 2.45. The zero-order valence-corrected chi connectivity index (χ0v) is 15.7. The van der Waals surface area contributed by atoms with Crippen LogP contribution in [0, 0.1) is 5.92 Å². The van der Waals surface area contributed by atoms with Crippen LogP contribution in [0.15, 0.2) is 42.5 Å². The highest BCUT2D eigenvalue weighted by atomic mass is 16.5. The van der Waals surface area contributed by atoms with Crippen LogP contribution in [0.1, 0.15) is 11.4 Å². The van der Waals surface area contributed by atoms with E-state index in [1.165, 1.54) is 0 Å². The summed E-state index contributed by atoms with van der Waals surface area (Å²) in [6.07, 6.45) is 0.861. The normalized spacial score (nSPS) is 15.7. The summed E-state index contributed by atoms with van der Waals surface area (Å²) in [5.41, 5.74) is 2.98. The second-order valence-corrected chi connectivity index (χ2v) is 6.85. The van der Waals surface area contributed by atoms with Crippen LogP contribution >= 0.6 is 0 Å². The Bertz CT molecular complexity index is 936. The lowest BCUT2D eigenvalue weighted by Crippen LogP contribution is -2.36. The molecular formula is C21H23N3O4. The molecule has 0 saturated heterocycles. The van der Waals surface area contributed by atoms with Crippen LogP contribution < -0.4 is 14.8 Å². The molecule has 0 aliphatic carbocycles. The predicted octanol–water partition coefficient (Wildman–Crippen LogP) is 2.46. The molecule has 7 nitrogen and oxygen atoms in total. The number of amides is 1. The Hall–Kier alpha value is -3.06. The molecule has 28 heavy (non-hydrogen) atoms. The van der Waals surface area contributed by atoms with E-state index in [-0.39, 0.29) is 25.0 Å². The Morgan fingerprint density at radius 1 is 1.32 bits per heavy atom. The van der Waals surface area contributed by atoms with Gasteiger partial charge in [-0.25, -0.2) is 4.98 Å². The Morgan fingerprint density at radius 2 is 2.21 bits per heavy atom. The van der Waals surface area contributed by atoms with Crippen molar-refractivity contribution in [2.24, 2.45) is 5.92 Å². The van der Waals surface area contributed by atoms with Crippen LogP contribution in [0.25, 0.3) is 11.0 Å². The van der Waals surface area contributed by atoms with Crippen molar-refractivity contribution < 1.29 is 19.0 Å². The molecule has 4 rings (SSSR count). The molecule has 3 aromatic rings. The topological polar surface area (TPSA) is 85.5 Å². The van der Waals surface area contributed by atoms with E-state index in [0.717, 1.165) is 34.5 Å². The number of aromatic nitrogens is 2. The Labute approximate surface area is 163 Å². The molecule has 2 N–H and O–H groups in total. The Balaban J connectivity index is 1.20. The van der Waals surface area contributed by atoms with Gasteiger partial charge in [0.1, 0.15) is 30.5 Å². The Morgan fingerprint density at radius 3 is 3.07 bits per heavy atom. The maximum Gasteiger partial charge on any atom is 0.246 e. The van der Waals surface area contributed by atoms with Gasteiger partial charge >= 0.3 is 0 Å². The van der Waals surface area contributed by atoms with Crippen molar-refractivity contribution in [3.63, 3.8) is 0 Å². The molecule has 146 valence electrons. The first kappa shape index (κ1) is 18.3. The summed E-state index contributed by atoms with van der Waals surface area (Å²) in [5, 5.41) is 2.92. The zero-order chi connectivity index (χ0) is 19.3. The van der Waals surface area contributed by atoms with Gasteiger partial charge in [0.25, 0.3) is 0 Å². The van der Waals surface area contributed by atoms with Crippen molar-refractivity contribution in [3.05, 3.63) is 53.9 Å². The molecule has 1 aliphatic heterocycles. The first-order valence-corrected chi connectivity index (χ1v) is 9.29. The number of para-hydroxylation sites is 2. The van der Waals surface area contributed by atoms with Gasteiger partial charge in [0, 0.05) is 18.5 Å². The van der Waals surface area contributed by atoms with E-state index in [1.54, 1.807) is 7.11 Å². The van der Waals surface area contributed by atoms with Crippen LogP contribution in [-0.4, -0.2) is 42.7 Å². The number of methoxy groups -OCH3 is 1. The number of ether oxygens (including phenoxy) is 3. The monoisotopic (exact) mass is 381 g/mol. The number of nitrogens with one attached hydrogen (secondary N) is 2. The van der Waals surface area contributed by atoms with Crippen LogP contribution in [0.2, 0.25) is 0 Å². The summed E-state index contributed by atoms with van der Waals surface area (Å²) < 4.78 is 16.5. The van der Waals surface area contributed by atoms with E-state index in [1.807, 2.05) is 42.5 Å². The molecular weight excluding hydrogens is 358 g/mol. The smallest absolute Gasteiger partial charge is 0.246 e. The van der Waals surface area contributed by atoms with Crippen LogP contribution in [-0.2, 0) is 22.6 Å². The van der Waals surface area contributed by atoms with Crippen LogP contribution in [0.5, 0.6) is 11.5 Å². The van der Waals surface area contributed by atoms with Gasteiger partial charge < -0.3 is 24.5 Å². The average molecular weight is 381 g/mol. The number of carbonyl (C=O) groups is 1. The molecule has 1 atom stereocenters. The molecule has 0 radical (unpaired) electrons. The standard InChI is InChI=1S/C21H23N3O4/c1-26-16-7-6-15-8-14(11-28-19(15)9-16)10-22-21(25)13-27-12-20-23-17-4-2-3-5-18(17)24-20/h2-7,9,14H,8,10-13H2,1H3,(H,22,25)(H,23,24)/t14-/m1/s1. The largest absolute Gasteiger partial charge is 0.497 e. The van der Waals surface area contributed by atoms with E-state index >= 15 is 0 Å². The van der Waals surface area contributed by atoms with Crippen molar-refractivity contribution in [2.45, 2.75) is 13.0 Å². The third kappa shape index (κ3) is 4.26. The summed E-state index contributed by atoms with van der Waals surface area (Å²) >= 11 is 0. The predicted molar refractivity (Wildman–Crippen MR) is 104 cm³/mol. The molecule has 0 bridgehead atoms. The van der Waals surface area contributed by atoms with Crippen molar-refractivity contribution in [2.75, 3.05) is 26.9 Å². The molecule has 1 amide bonds. The first-order valence-electron chi connectivity index (χ1n) is 9.29. The lowest BCUT2D eigenvalue weighted by molar-refractivity contribution is -0.126. The van der Waals surface area contributed by atoms with Crippen LogP contribution in [0.3, 0.4) is 0 Å². The van der Waals surface area contributed by atoms with Gasteiger partial charge in [-0.1, -0.05) is 18.2 Å². The fraction of sp³-hybridized carbons (Fsp3) is 0.333. The number of hydrogen-bond donors (Lipinski definition) is 2. The molecule has 1 aromatic heterocycles. The summed E-state index contributed by atoms with van der Waals surface area (Å²) in [6, 6.07) is 13.6. The number of H-pyrrole nitrogens is 1. The SMILES string of the molecule is COc1ccc2c(c1)OC[C@@H](CNC(=O)COCc1nc3ccccc3[nH]1)C2. The molecule has 1 aliphatic rings. The van der Waals surface area contributed by atoms with E-state index in [9.17, 15) is 4.79 Å². The van der Waals surface area contributed by atoms with Gasteiger partial charge in [0.05, 0.1) is 24.8 Å². The molecule has 0 unspecified atom stereocenters. The lowest BCUT2D eigenvalue weighted by atomic mass is 9.96. The van der Waals surface area contributed by atoms with Crippen molar-refractivity contribution >= 4 is 16.9 Å². The second kappa shape index (κ2) is 8.31. The summed E-state index contributed by atoms with van der Waals surface area (Å²) in [6.45, 7) is 1.39. The highest BCUT2D eigenvalue weighted by Crippen LogP contribution is 2.30. The highest BCUT2D eigenvalue weighted by molar-refractivity contribution is 5.77. The first-order chi connectivity index (χ1) is 13.7. The lowest BCUT2D eigenvalue weighted by Gasteiger charge is -2.25. The molecule has 7 heteroatoms. The van der Waals surface area contributed by atoms with Crippen molar-refractivity contribution in [1.29, 1.82) is 0 Å². The van der Waals surface area contributed by atoms with Gasteiger partial charge in [-0.05, 0) is 30.2 Å². The van der Waals surface area contributed by atoms with E-state index in [4.69, 9.17) is 14.2 Å². The van der Waals surface area contributed by atoms with Gasteiger partial charge in [-0.3, -0.25) is 4.79 Å². The third-order valence-electron chi connectivity index (χ3n) is 4.76. The van der Waals surface area contributed by atoms with Gasteiger partial charge in [-0.15, -0.1) is 0 Å². The number of benzene rings is 2. The minimum atomic E-state index is -0.142. The molecule has 2 aromatic carbocycles. The number of hydrogen-bond acceptors (Lipinski definition) is 5. The van der Waals surface area contributed by atoms with E-state index in [0.29, 0.717) is 19.0 Å². The Kier molecular flexibility index (Phi) is 5.43. The molecule has 0 fully saturated rings.